The topological polar surface area (TPSA) is 110 Å². The number of rotatable bonds is 6. The summed E-state index contributed by atoms with van der Waals surface area (Å²) in [5.41, 5.74) is 5.73. The van der Waals surface area contributed by atoms with Crippen LogP contribution in [0.15, 0.2) is 23.1 Å². The molecule has 1 aromatic rings. The number of carbonyl (C=O) groups excluding carboxylic acids is 1. The smallest absolute Gasteiger partial charge is 0.339 e. The molecule has 7 nitrogen and oxygen atoms in total. The number of anilines is 1. The van der Waals surface area contributed by atoms with Gasteiger partial charge in [-0.2, -0.15) is 4.31 Å². The van der Waals surface area contributed by atoms with Gasteiger partial charge in [-0.1, -0.05) is 0 Å². The van der Waals surface area contributed by atoms with Gasteiger partial charge in [-0.25, -0.2) is 13.2 Å². The van der Waals surface area contributed by atoms with E-state index < -0.39 is 16.0 Å². The maximum absolute atomic E-state index is 12.7. The molecule has 3 N–H and O–H groups in total. The molecule has 0 spiro atoms. The van der Waals surface area contributed by atoms with Gasteiger partial charge >= 0.3 is 5.97 Å². The standard InChI is InChI=1S/C13H20N2O5S/c1-9(2)15(6-7-16)21(18,19)12-5-4-10(14)8-11(12)13(17)20-3/h4-5,8-9,16H,6-7,14H2,1-3H3. The zero-order valence-electron chi connectivity index (χ0n) is 12.2. The number of hydrogen-bond donors (Lipinski definition) is 2. The van der Waals surface area contributed by atoms with E-state index in [4.69, 9.17) is 10.8 Å². The van der Waals surface area contributed by atoms with Crippen LogP contribution in [-0.4, -0.2) is 50.1 Å². The number of aliphatic hydroxyl groups excluding tert-OH is 1. The van der Waals surface area contributed by atoms with Crippen molar-refractivity contribution in [2.45, 2.75) is 24.8 Å². The fourth-order valence-corrected chi connectivity index (χ4v) is 3.71. The second kappa shape index (κ2) is 6.88. The third kappa shape index (κ3) is 3.72. The highest BCUT2D eigenvalue weighted by Gasteiger charge is 2.31. The van der Waals surface area contributed by atoms with Gasteiger partial charge in [-0.3, -0.25) is 0 Å². The van der Waals surface area contributed by atoms with Gasteiger partial charge in [0.2, 0.25) is 10.0 Å². The Morgan fingerprint density at radius 2 is 2.05 bits per heavy atom. The van der Waals surface area contributed by atoms with Crippen LogP contribution in [0.3, 0.4) is 0 Å². The largest absolute Gasteiger partial charge is 0.465 e. The van der Waals surface area contributed by atoms with Crippen molar-refractivity contribution in [3.8, 4) is 0 Å². The molecule has 118 valence electrons. The first kappa shape index (κ1) is 17.4. The Hall–Kier alpha value is -1.64. The molecular formula is C13H20N2O5S. The predicted molar refractivity (Wildman–Crippen MR) is 78.3 cm³/mol. The molecule has 1 rings (SSSR count). The molecule has 0 aliphatic carbocycles. The number of methoxy groups -OCH3 is 1. The Morgan fingerprint density at radius 1 is 1.43 bits per heavy atom. The van der Waals surface area contributed by atoms with E-state index in [-0.39, 0.29) is 35.3 Å². The van der Waals surface area contributed by atoms with Crippen molar-refractivity contribution in [1.29, 1.82) is 0 Å². The third-order valence-corrected chi connectivity index (χ3v) is 5.03. The van der Waals surface area contributed by atoms with Gasteiger partial charge in [-0.15, -0.1) is 0 Å². The lowest BCUT2D eigenvalue weighted by atomic mass is 10.2. The van der Waals surface area contributed by atoms with Crippen LogP contribution in [0.25, 0.3) is 0 Å². The summed E-state index contributed by atoms with van der Waals surface area (Å²) in [6, 6.07) is 3.56. The van der Waals surface area contributed by atoms with E-state index in [0.29, 0.717) is 0 Å². The van der Waals surface area contributed by atoms with Gasteiger partial charge in [0.05, 0.1) is 24.2 Å². The van der Waals surface area contributed by atoms with Crippen molar-refractivity contribution in [2.24, 2.45) is 0 Å². The van der Waals surface area contributed by atoms with Gasteiger partial charge in [0.15, 0.2) is 0 Å². The summed E-state index contributed by atoms with van der Waals surface area (Å²) in [4.78, 5) is 11.6. The van der Waals surface area contributed by atoms with Crippen molar-refractivity contribution in [1.82, 2.24) is 4.31 Å². The van der Waals surface area contributed by atoms with E-state index in [2.05, 4.69) is 4.74 Å². The van der Waals surface area contributed by atoms with E-state index in [0.717, 1.165) is 11.4 Å². The summed E-state index contributed by atoms with van der Waals surface area (Å²) in [6.45, 7) is 2.98. The summed E-state index contributed by atoms with van der Waals surface area (Å²) in [7, 11) is -2.79. The lowest BCUT2D eigenvalue weighted by Gasteiger charge is -2.26. The number of hydrogen-bond acceptors (Lipinski definition) is 6. The number of sulfonamides is 1. The van der Waals surface area contributed by atoms with E-state index in [9.17, 15) is 13.2 Å². The van der Waals surface area contributed by atoms with Gasteiger partial charge in [0.1, 0.15) is 0 Å². The number of nitrogens with two attached hydrogens (primary N) is 1. The molecule has 21 heavy (non-hydrogen) atoms. The van der Waals surface area contributed by atoms with Crippen LogP contribution < -0.4 is 5.73 Å². The minimum Gasteiger partial charge on any atom is -0.465 e. The highest BCUT2D eigenvalue weighted by molar-refractivity contribution is 7.89. The molecule has 0 aliphatic heterocycles. The highest BCUT2D eigenvalue weighted by Crippen LogP contribution is 2.24. The Balaban J connectivity index is 3.46. The quantitative estimate of drug-likeness (QED) is 0.582. The maximum atomic E-state index is 12.7. The van der Waals surface area contributed by atoms with Gasteiger partial charge in [0.25, 0.3) is 0 Å². The van der Waals surface area contributed by atoms with E-state index >= 15 is 0 Å². The molecule has 0 heterocycles. The lowest BCUT2D eigenvalue weighted by molar-refractivity contribution is 0.0596. The monoisotopic (exact) mass is 316 g/mol. The molecule has 8 heteroatoms. The van der Waals surface area contributed by atoms with Crippen LogP contribution in [-0.2, 0) is 14.8 Å². The fraction of sp³-hybridized carbons (Fsp3) is 0.462. The molecule has 0 radical (unpaired) electrons. The summed E-state index contributed by atoms with van der Waals surface area (Å²) < 4.78 is 31.1. The molecule has 0 bridgehead atoms. The SMILES string of the molecule is COC(=O)c1cc(N)ccc1S(=O)(=O)N(CCO)C(C)C. The second-order valence-electron chi connectivity index (χ2n) is 4.68. The van der Waals surface area contributed by atoms with Crippen LogP contribution in [0.2, 0.25) is 0 Å². The molecule has 0 fully saturated rings. The van der Waals surface area contributed by atoms with E-state index in [1.54, 1.807) is 13.8 Å². The van der Waals surface area contributed by atoms with Crippen LogP contribution in [0.5, 0.6) is 0 Å². The predicted octanol–water partition coefficient (Wildman–Crippen LogP) is 0.447. The molecule has 0 saturated heterocycles. The number of nitrogens with zero attached hydrogens (tertiary/aromatic N) is 1. The maximum Gasteiger partial charge on any atom is 0.339 e. The third-order valence-electron chi connectivity index (χ3n) is 2.89. The Morgan fingerprint density at radius 3 is 2.52 bits per heavy atom. The molecule has 0 aromatic heterocycles. The molecule has 0 atom stereocenters. The zero-order valence-corrected chi connectivity index (χ0v) is 13.1. The first-order valence-corrected chi connectivity index (χ1v) is 7.80. The van der Waals surface area contributed by atoms with Gasteiger partial charge in [-0.05, 0) is 32.0 Å². The minimum atomic E-state index is -3.95. The van der Waals surface area contributed by atoms with Crippen molar-refractivity contribution in [3.63, 3.8) is 0 Å². The minimum absolute atomic E-state index is 0.0645. The van der Waals surface area contributed by atoms with Crippen molar-refractivity contribution >= 4 is 21.7 Å². The molecule has 1 aromatic carbocycles. The summed E-state index contributed by atoms with van der Waals surface area (Å²) in [5.74, 6) is -0.784. The fourth-order valence-electron chi connectivity index (χ4n) is 1.92. The summed E-state index contributed by atoms with van der Waals surface area (Å²) in [5, 5.41) is 9.05. The summed E-state index contributed by atoms with van der Waals surface area (Å²) >= 11 is 0. The molecule has 0 amide bonds. The number of benzene rings is 1. The Labute approximate surface area is 124 Å². The van der Waals surface area contributed by atoms with Crippen molar-refractivity contribution < 1.29 is 23.1 Å². The van der Waals surface area contributed by atoms with E-state index in [1.165, 1.54) is 18.2 Å². The number of esters is 1. The molecule has 0 unspecified atom stereocenters. The van der Waals surface area contributed by atoms with Crippen LogP contribution in [0, 0.1) is 0 Å². The number of carbonyl (C=O) groups is 1. The second-order valence-corrected chi connectivity index (χ2v) is 6.54. The number of nitrogen functional groups attached to an aromatic ring is 1. The average molecular weight is 316 g/mol. The first-order valence-electron chi connectivity index (χ1n) is 6.36. The van der Waals surface area contributed by atoms with Crippen LogP contribution in [0.4, 0.5) is 5.69 Å². The molecular weight excluding hydrogens is 296 g/mol. The summed E-state index contributed by atoms with van der Waals surface area (Å²) in [6.07, 6.45) is 0. The lowest BCUT2D eigenvalue weighted by Crippen LogP contribution is -2.39. The van der Waals surface area contributed by atoms with E-state index in [1.807, 2.05) is 0 Å². The Bertz CT molecular complexity index is 613. The number of aliphatic hydroxyl groups is 1. The van der Waals surface area contributed by atoms with Crippen LogP contribution in [0.1, 0.15) is 24.2 Å². The highest BCUT2D eigenvalue weighted by atomic mass is 32.2. The van der Waals surface area contributed by atoms with Gasteiger partial charge < -0.3 is 15.6 Å². The Kier molecular flexibility index (Phi) is 5.70. The molecule has 0 saturated carbocycles. The van der Waals surface area contributed by atoms with Crippen LogP contribution >= 0.6 is 0 Å². The zero-order chi connectivity index (χ0) is 16.2. The van der Waals surface area contributed by atoms with Crippen molar-refractivity contribution in [2.75, 3.05) is 26.0 Å². The van der Waals surface area contributed by atoms with Gasteiger partial charge in [0, 0.05) is 18.3 Å². The normalized spacial score (nSPS) is 11.9. The van der Waals surface area contributed by atoms with Crippen molar-refractivity contribution in [3.05, 3.63) is 23.8 Å². The first-order chi connectivity index (χ1) is 9.75. The molecule has 0 aliphatic rings. The number of ether oxygens (including phenoxy) is 1. The average Bonchev–Trinajstić information content (AvgIpc) is 2.42.